The van der Waals surface area contributed by atoms with Gasteiger partial charge in [-0.2, -0.15) is 8.78 Å². The molecule has 0 aliphatic carbocycles. The number of hydrogen-bond donors (Lipinski definition) is 1. The van der Waals surface area contributed by atoms with Gasteiger partial charge in [0.25, 0.3) is 0 Å². The van der Waals surface area contributed by atoms with E-state index in [1.54, 1.807) is 19.1 Å². The lowest BCUT2D eigenvalue weighted by atomic mass is 10.2. The van der Waals surface area contributed by atoms with Crippen molar-refractivity contribution in [3.05, 3.63) is 35.4 Å². The third-order valence-corrected chi connectivity index (χ3v) is 5.94. The van der Waals surface area contributed by atoms with Gasteiger partial charge in [0.05, 0.1) is 23.5 Å². The Morgan fingerprint density at radius 1 is 1.35 bits per heavy atom. The second kappa shape index (κ2) is 10.5. The lowest BCUT2D eigenvalue weighted by molar-refractivity contribution is -0.137. The standard InChI is InChI=1S/C18H19F2N5O4S2/c1-2-28-15(27)9-14-24(13(26)10-31-14)7-8-30-18-23-22-16(25(18)21)11-3-5-12(6-4-11)29-17(19)20/h3-6,9,17H,2,7-8,10,21H2,1H3/b14-9-. The smallest absolute Gasteiger partial charge is 0.387 e. The first-order valence-corrected chi connectivity index (χ1v) is 11.1. The molecule has 1 fully saturated rings. The quantitative estimate of drug-likeness (QED) is 0.255. The molecule has 1 aromatic carbocycles. The molecule has 0 atom stereocenters. The molecule has 9 nitrogen and oxygen atoms in total. The molecule has 1 aromatic heterocycles. The van der Waals surface area contributed by atoms with Crippen molar-refractivity contribution >= 4 is 35.4 Å². The van der Waals surface area contributed by atoms with Crippen molar-refractivity contribution in [3.8, 4) is 17.1 Å². The minimum atomic E-state index is -2.90. The Morgan fingerprint density at radius 2 is 2.10 bits per heavy atom. The fourth-order valence-electron chi connectivity index (χ4n) is 2.64. The molecule has 0 saturated carbocycles. The van der Waals surface area contributed by atoms with E-state index in [4.69, 9.17) is 10.6 Å². The van der Waals surface area contributed by atoms with E-state index in [-0.39, 0.29) is 24.0 Å². The molecule has 31 heavy (non-hydrogen) atoms. The number of carbonyl (C=O) groups is 2. The number of nitrogens with two attached hydrogens (primary N) is 1. The molecule has 1 aliphatic heterocycles. The van der Waals surface area contributed by atoms with Crippen LogP contribution < -0.4 is 10.6 Å². The van der Waals surface area contributed by atoms with Crippen LogP contribution in [0.2, 0.25) is 0 Å². The molecule has 2 N–H and O–H groups in total. The fraction of sp³-hybridized carbons (Fsp3) is 0.333. The van der Waals surface area contributed by atoms with E-state index in [1.165, 1.54) is 51.3 Å². The Hall–Kier alpha value is -2.80. The number of aromatic nitrogens is 3. The third kappa shape index (κ3) is 5.88. The average molecular weight is 472 g/mol. The second-order valence-corrected chi connectivity index (χ2v) is 8.05. The molecule has 2 heterocycles. The number of thioether (sulfide) groups is 2. The predicted octanol–water partition coefficient (Wildman–Crippen LogP) is 2.33. The highest BCUT2D eigenvalue weighted by Gasteiger charge is 2.27. The molecule has 0 unspecified atom stereocenters. The van der Waals surface area contributed by atoms with Gasteiger partial charge in [-0.25, -0.2) is 9.47 Å². The highest BCUT2D eigenvalue weighted by atomic mass is 32.2. The summed E-state index contributed by atoms with van der Waals surface area (Å²) in [6.07, 6.45) is 1.31. The Bertz CT molecular complexity index is 968. The topological polar surface area (TPSA) is 113 Å². The second-order valence-electron chi connectivity index (χ2n) is 6.00. The highest BCUT2D eigenvalue weighted by Crippen LogP contribution is 2.30. The van der Waals surface area contributed by atoms with Gasteiger partial charge >= 0.3 is 12.6 Å². The molecule has 1 amide bonds. The number of hydrogen-bond acceptors (Lipinski definition) is 9. The number of rotatable bonds is 9. The van der Waals surface area contributed by atoms with Gasteiger partial charge in [0, 0.05) is 17.9 Å². The Kier molecular flexibility index (Phi) is 7.74. The molecule has 0 spiro atoms. The van der Waals surface area contributed by atoms with Crippen molar-refractivity contribution < 1.29 is 27.8 Å². The summed E-state index contributed by atoms with van der Waals surface area (Å²) in [5.41, 5.74) is 0.578. The van der Waals surface area contributed by atoms with Crippen LogP contribution in [0.15, 0.2) is 40.5 Å². The molecule has 1 aliphatic rings. The normalized spacial score (nSPS) is 15.2. The SMILES string of the molecule is CCOC(=O)/C=C1\SCC(=O)N1CCSc1nnc(-c2ccc(OC(F)F)cc2)n1N. The number of nitrogen functional groups attached to an aromatic ring is 1. The molecular formula is C18H19F2N5O4S2. The summed E-state index contributed by atoms with van der Waals surface area (Å²) in [7, 11) is 0. The molecule has 166 valence electrons. The number of amides is 1. The number of alkyl halides is 2. The van der Waals surface area contributed by atoms with E-state index in [0.29, 0.717) is 33.9 Å². The first kappa shape index (κ1) is 22.9. The fourth-order valence-corrected chi connectivity index (χ4v) is 4.38. The maximum atomic E-state index is 12.3. The van der Waals surface area contributed by atoms with Gasteiger partial charge in [0.1, 0.15) is 5.75 Å². The monoisotopic (exact) mass is 471 g/mol. The van der Waals surface area contributed by atoms with Gasteiger partial charge in [-0.15, -0.1) is 10.2 Å². The van der Waals surface area contributed by atoms with Crippen molar-refractivity contribution in [3.63, 3.8) is 0 Å². The van der Waals surface area contributed by atoms with Gasteiger partial charge in [-0.1, -0.05) is 23.5 Å². The number of benzene rings is 1. The first-order chi connectivity index (χ1) is 14.9. The van der Waals surface area contributed by atoms with Crippen molar-refractivity contribution in [2.45, 2.75) is 18.7 Å². The maximum Gasteiger partial charge on any atom is 0.387 e. The minimum absolute atomic E-state index is 0.0243. The molecule has 3 rings (SSSR count). The molecule has 2 aromatic rings. The van der Waals surface area contributed by atoms with Crippen LogP contribution in [0.3, 0.4) is 0 Å². The van der Waals surface area contributed by atoms with Crippen LogP contribution in [-0.4, -0.2) is 62.9 Å². The minimum Gasteiger partial charge on any atom is -0.463 e. The first-order valence-electron chi connectivity index (χ1n) is 9.09. The van der Waals surface area contributed by atoms with E-state index in [2.05, 4.69) is 14.9 Å². The van der Waals surface area contributed by atoms with Gasteiger partial charge < -0.3 is 20.2 Å². The zero-order valence-corrected chi connectivity index (χ0v) is 18.0. The average Bonchev–Trinajstić information content (AvgIpc) is 3.25. The molecule has 13 heteroatoms. The molecule has 0 radical (unpaired) electrons. The van der Waals surface area contributed by atoms with E-state index in [9.17, 15) is 18.4 Å². The summed E-state index contributed by atoms with van der Waals surface area (Å²) >= 11 is 2.57. The van der Waals surface area contributed by atoms with Crippen LogP contribution in [0.25, 0.3) is 11.4 Å². The number of carbonyl (C=O) groups excluding carboxylic acids is 2. The lowest BCUT2D eigenvalue weighted by Crippen LogP contribution is -2.27. The number of nitrogens with zero attached hydrogens (tertiary/aromatic N) is 4. The van der Waals surface area contributed by atoms with Crippen LogP contribution in [0, 0.1) is 0 Å². The van der Waals surface area contributed by atoms with E-state index in [0.717, 1.165) is 0 Å². The summed E-state index contributed by atoms with van der Waals surface area (Å²) in [4.78, 5) is 25.3. The van der Waals surface area contributed by atoms with Gasteiger partial charge in [0.2, 0.25) is 11.1 Å². The summed E-state index contributed by atoms with van der Waals surface area (Å²) < 4.78 is 35.0. The largest absolute Gasteiger partial charge is 0.463 e. The third-order valence-electron chi connectivity index (χ3n) is 3.99. The molecular weight excluding hydrogens is 452 g/mol. The zero-order chi connectivity index (χ0) is 22.4. The lowest BCUT2D eigenvalue weighted by Gasteiger charge is -2.16. The summed E-state index contributed by atoms with van der Waals surface area (Å²) in [6, 6.07) is 5.87. The predicted molar refractivity (Wildman–Crippen MR) is 112 cm³/mol. The Balaban J connectivity index is 1.61. The van der Waals surface area contributed by atoms with Crippen molar-refractivity contribution in [1.29, 1.82) is 0 Å². The van der Waals surface area contributed by atoms with Crippen LogP contribution >= 0.6 is 23.5 Å². The molecule has 0 bridgehead atoms. The zero-order valence-electron chi connectivity index (χ0n) is 16.4. The maximum absolute atomic E-state index is 12.3. The van der Waals surface area contributed by atoms with Crippen LogP contribution in [0.5, 0.6) is 5.75 Å². The number of esters is 1. The van der Waals surface area contributed by atoms with Crippen molar-refractivity contribution in [2.75, 3.05) is 30.5 Å². The van der Waals surface area contributed by atoms with E-state index < -0.39 is 12.6 Å². The van der Waals surface area contributed by atoms with Crippen LogP contribution in [0.1, 0.15) is 6.92 Å². The summed E-state index contributed by atoms with van der Waals surface area (Å²) in [6.45, 7) is -0.585. The molecule has 1 saturated heterocycles. The van der Waals surface area contributed by atoms with Crippen LogP contribution in [0.4, 0.5) is 8.78 Å². The van der Waals surface area contributed by atoms with Crippen molar-refractivity contribution in [1.82, 2.24) is 19.8 Å². The summed E-state index contributed by atoms with van der Waals surface area (Å²) in [5.74, 6) is 6.57. The van der Waals surface area contributed by atoms with Gasteiger partial charge in [0.15, 0.2) is 5.82 Å². The van der Waals surface area contributed by atoms with E-state index >= 15 is 0 Å². The van der Waals surface area contributed by atoms with Crippen LogP contribution in [-0.2, 0) is 14.3 Å². The number of halogens is 2. The van der Waals surface area contributed by atoms with Gasteiger partial charge in [-0.05, 0) is 31.2 Å². The Labute approximate surface area is 184 Å². The number of ether oxygens (including phenoxy) is 2. The summed E-state index contributed by atoms with van der Waals surface area (Å²) in [5, 5.41) is 9.04. The Morgan fingerprint density at radius 3 is 2.77 bits per heavy atom. The highest BCUT2D eigenvalue weighted by molar-refractivity contribution is 8.04. The van der Waals surface area contributed by atoms with E-state index in [1.807, 2.05) is 0 Å². The van der Waals surface area contributed by atoms with Gasteiger partial charge in [-0.3, -0.25) is 4.79 Å². The van der Waals surface area contributed by atoms with Crippen molar-refractivity contribution in [2.24, 2.45) is 0 Å².